The fourth-order valence-electron chi connectivity index (χ4n) is 2.21. The summed E-state index contributed by atoms with van der Waals surface area (Å²) in [5.41, 5.74) is 1.60. The Bertz CT molecular complexity index is 733. The monoisotopic (exact) mass is 312 g/mol. The molecule has 1 fully saturated rings. The van der Waals surface area contributed by atoms with Crippen LogP contribution in [0.4, 0.5) is 0 Å². The Balaban J connectivity index is 1.88. The van der Waals surface area contributed by atoms with Gasteiger partial charge in [0, 0.05) is 10.9 Å². The van der Waals surface area contributed by atoms with Crippen LogP contribution in [0.1, 0.15) is 33.3 Å². The number of rotatable bonds is 2. The minimum absolute atomic E-state index is 0.373. The van der Waals surface area contributed by atoms with E-state index in [0.29, 0.717) is 5.56 Å². The van der Waals surface area contributed by atoms with Crippen molar-refractivity contribution < 1.29 is 9.31 Å². The first-order chi connectivity index (χ1) is 10.3. The zero-order valence-electron chi connectivity index (χ0n) is 13.1. The molecule has 3 rings (SSSR count). The highest BCUT2D eigenvalue weighted by Gasteiger charge is 2.52. The average molecular weight is 312 g/mol. The van der Waals surface area contributed by atoms with Crippen LogP contribution in [0.25, 0.3) is 10.6 Å². The molecule has 22 heavy (non-hydrogen) atoms. The van der Waals surface area contributed by atoms with Crippen LogP contribution in [-0.2, 0) is 9.31 Å². The Labute approximate surface area is 134 Å². The van der Waals surface area contributed by atoms with Gasteiger partial charge in [-0.2, -0.15) is 5.26 Å². The highest BCUT2D eigenvalue weighted by atomic mass is 32.1. The minimum Gasteiger partial charge on any atom is -0.398 e. The summed E-state index contributed by atoms with van der Waals surface area (Å²) in [7, 11) is -0.450. The number of thiazole rings is 1. The van der Waals surface area contributed by atoms with Crippen molar-refractivity contribution in [1.82, 2.24) is 4.98 Å². The standard InChI is InChI=1S/C16H17BN2O2S/c1-15(2)16(3,4)21-17(20-15)13-10-22-14(19-13)12-7-5-6-11(8-12)9-18/h5-8,10H,1-4H3. The summed E-state index contributed by atoms with van der Waals surface area (Å²) in [6, 6.07) is 9.59. The Morgan fingerprint density at radius 3 is 2.50 bits per heavy atom. The fraction of sp³-hybridized carbons (Fsp3) is 0.375. The first-order valence-electron chi connectivity index (χ1n) is 7.14. The predicted octanol–water partition coefficient (Wildman–Crippen LogP) is 2.98. The predicted molar refractivity (Wildman–Crippen MR) is 88.0 cm³/mol. The Morgan fingerprint density at radius 2 is 1.86 bits per heavy atom. The quantitative estimate of drug-likeness (QED) is 0.800. The lowest BCUT2D eigenvalue weighted by atomic mass is 9.86. The van der Waals surface area contributed by atoms with Crippen molar-refractivity contribution in [2.75, 3.05) is 0 Å². The van der Waals surface area contributed by atoms with E-state index >= 15 is 0 Å². The molecule has 0 bridgehead atoms. The lowest BCUT2D eigenvalue weighted by Gasteiger charge is -2.32. The van der Waals surface area contributed by atoms with Gasteiger partial charge >= 0.3 is 7.12 Å². The molecule has 1 aromatic heterocycles. The Kier molecular flexibility index (Phi) is 3.60. The normalized spacial score (nSPS) is 19.1. The molecule has 1 aromatic carbocycles. The smallest absolute Gasteiger partial charge is 0.398 e. The van der Waals surface area contributed by atoms with E-state index in [1.165, 1.54) is 11.3 Å². The van der Waals surface area contributed by atoms with Crippen LogP contribution in [0.5, 0.6) is 0 Å². The molecule has 1 aliphatic heterocycles. The van der Waals surface area contributed by atoms with E-state index in [9.17, 15) is 0 Å². The van der Waals surface area contributed by atoms with Gasteiger partial charge in [-0.05, 0) is 39.8 Å². The van der Waals surface area contributed by atoms with Crippen LogP contribution in [0, 0.1) is 11.3 Å². The molecular weight excluding hydrogens is 295 g/mol. The number of hydrogen-bond donors (Lipinski definition) is 0. The van der Waals surface area contributed by atoms with Gasteiger partial charge in [0.25, 0.3) is 0 Å². The van der Waals surface area contributed by atoms with E-state index in [2.05, 4.69) is 11.1 Å². The van der Waals surface area contributed by atoms with E-state index < -0.39 is 7.12 Å². The average Bonchev–Trinajstić information content (AvgIpc) is 3.02. The summed E-state index contributed by atoms with van der Waals surface area (Å²) in [4.78, 5) is 4.63. The van der Waals surface area contributed by atoms with Gasteiger partial charge in [0.2, 0.25) is 0 Å². The molecule has 112 valence electrons. The van der Waals surface area contributed by atoms with Gasteiger partial charge in [0.15, 0.2) is 0 Å². The van der Waals surface area contributed by atoms with E-state index in [0.717, 1.165) is 16.2 Å². The first-order valence-corrected chi connectivity index (χ1v) is 8.02. The summed E-state index contributed by atoms with van der Waals surface area (Å²) in [5, 5.41) is 11.8. The van der Waals surface area contributed by atoms with Crippen LogP contribution in [0.2, 0.25) is 0 Å². The molecule has 2 aromatic rings. The molecule has 0 atom stereocenters. The minimum atomic E-state index is -0.450. The van der Waals surface area contributed by atoms with Crippen LogP contribution in [0.15, 0.2) is 29.6 Å². The van der Waals surface area contributed by atoms with Crippen molar-refractivity contribution >= 4 is 24.0 Å². The number of hydrogen-bond acceptors (Lipinski definition) is 5. The molecule has 6 heteroatoms. The molecule has 0 aliphatic carbocycles. The summed E-state index contributed by atoms with van der Waals surface area (Å²) in [5.74, 6) is 0. The molecule has 1 saturated heterocycles. The highest BCUT2D eigenvalue weighted by Crippen LogP contribution is 2.36. The molecule has 0 radical (unpaired) electrons. The maximum Gasteiger partial charge on any atom is 0.515 e. The fourth-order valence-corrected chi connectivity index (χ4v) is 3.03. The first kappa shape index (κ1) is 15.2. The Morgan fingerprint density at radius 1 is 1.18 bits per heavy atom. The second kappa shape index (κ2) is 5.20. The molecule has 0 amide bonds. The van der Waals surface area contributed by atoms with Crippen molar-refractivity contribution in [3.8, 4) is 16.6 Å². The lowest BCUT2D eigenvalue weighted by molar-refractivity contribution is 0.00578. The third-order valence-corrected chi connectivity index (χ3v) is 5.16. The maximum atomic E-state index is 8.99. The molecule has 0 spiro atoms. The second-order valence-electron chi connectivity index (χ2n) is 6.36. The second-order valence-corrected chi connectivity index (χ2v) is 7.22. The largest absolute Gasteiger partial charge is 0.515 e. The Hall–Kier alpha value is -1.68. The summed E-state index contributed by atoms with van der Waals surface area (Å²) in [6.07, 6.45) is 0. The van der Waals surface area contributed by atoms with Crippen molar-refractivity contribution in [3.05, 3.63) is 35.2 Å². The molecule has 0 saturated carbocycles. The molecule has 2 heterocycles. The van der Waals surface area contributed by atoms with E-state index in [4.69, 9.17) is 14.6 Å². The van der Waals surface area contributed by atoms with Crippen molar-refractivity contribution in [2.45, 2.75) is 38.9 Å². The molecular formula is C16H17BN2O2S. The third kappa shape index (κ3) is 2.56. The van der Waals surface area contributed by atoms with Crippen molar-refractivity contribution in [1.29, 1.82) is 5.26 Å². The van der Waals surface area contributed by atoms with Gasteiger partial charge in [0.1, 0.15) is 5.01 Å². The topological polar surface area (TPSA) is 55.1 Å². The number of aromatic nitrogens is 1. The SMILES string of the molecule is CC1(C)OB(c2csc(-c3cccc(C#N)c3)n2)OC1(C)C. The summed E-state index contributed by atoms with van der Waals surface area (Å²) in [6.45, 7) is 8.10. The van der Waals surface area contributed by atoms with Gasteiger partial charge in [-0.1, -0.05) is 12.1 Å². The number of benzene rings is 1. The maximum absolute atomic E-state index is 8.99. The van der Waals surface area contributed by atoms with Crippen LogP contribution in [-0.4, -0.2) is 23.3 Å². The number of nitrogens with zero attached hydrogens (tertiary/aromatic N) is 2. The van der Waals surface area contributed by atoms with Gasteiger partial charge in [0.05, 0.1) is 28.4 Å². The molecule has 0 unspecified atom stereocenters. The zero-order chi connectivity index (χ0) is 16.0. The van der Waals surface area contributed by atoms with Crippen LogP contribution in [0.3, 0.4) is 0 Å². The van der Waals surface area contributed by atoms with E-state index in [1.807, 2.05) is 51.3 Å². The summed E-state index contributed by atoms with van der Waals surface area (Å²) < 4.78 is 12.0. The van der Waals surface area contributed by atoms with Gasteiger partial charge in [-0.3, -0.25) is 0 Å². The van der Waals surface area contributed by atoms with E-state index in [1.54, 1.807) is 6.07 Å². The van der Waals surface area contributed by atoms with Crippen molar-refractivity contribution in [3.63, 3.8) is 0 Å². The van der Waals surface area contributed by atoms with Gasteiger partial charge < -0.3 is 9.31 Å². The number of nitriles is 1. The van der Waals surface area contributed by atoms with Crippen LogP contribution < -0.4 is 5.59 Å². The third-order valence-electron chi connectivity index (χ3n) is 4.26. The molecule has 4 nitrogen and oxygen atoms in total. The van der Waals surface area contributed by atoms with Crippen LogP contribution >= 0.6 is 11.3 Å². The lowest BCUT2D eigenvalue weighted by Crippen LogP contribution is -2.41. The summed E-state index contributed by atoms with van der Waals surface area (Å²) >= 11 is 1.53. The van der Waals surface area contributed by atoms with Crippen molar-refractivity contribution in [2.24, 2.45) is 0 Å². The molecule has 1 aliphatic rings. The van der Waals surface area contributed by atoms with Gasteiger partial charge in [-0.25, -0.2) is 4.98 Å². The highest BCUT2D eigenvalue weighted by molar-refractivity contribution is 7.14. The zero-order valence-corrected chi connectivity index (χ0v) is 13.9. The van der Waals surface area contributed by atoms with E-state index in [-0.39, 0.29) is 11.2 Å². The molecule has 0 N–H and O–H groups in total. The van der Waals surface area contributed by atoms with Gasteiger partial charge in [-0.15, -0.1) is 11.3 Å².